The van der Waals surface area contributed by atoms with E-state index < -0.39 is 0 Å². The van der Waals surface area contributed by atoms with Gasteiger partial charge in [-0.3, -0.25) is 4.90 Å². The van der Waals surface area contributed by atoms with Gasteiger partial charge in [0.2, 0.25) is 0 Å². The molecule has 0 atom stereocenters. The third kappa shape index (κ3) is 2.66. The molecule has 17 heavy (non-hydrogen) atoms. The molecule has 1 aliphatic heterocycles. The van der Waals surface area contributed by atoms with Crippen molar-refractivity contribution in [3.8, 4) is 0 Å². The van der Waals surface area contributed by atoms with Crippen LogP contribution in [0.25, 0.3) is 0 Å². The number of piperazine rings is 1. The molecule has 0 radical (unpaired) electrons. The molecular weight excluding hydrogens is 214 g/mol. The fourth-order valence-electron chi connectivity index (χ4n) is 2.33. The minimum atomic E-state index is 0.487. The Hall–Kier alpha value is -1.36. The number of nitrogens with zero attached hydrogens (tertiary/aromatic N) is 4. The van der Waals surface area contributed by atoms with Crippen molar-refractivity contribution < 1.29 is 0 Å². The van der Waals surface area contributed by atoms with E-state index >= 15 is 0 Å². The van der Waals surface area contributed by atoms with Gasteiger partial charge in [-0.15, -0.1) is 10.2 Å². The molecule has 1 aliphatic carbocycles. The van der Waals surface area contributed by atoms with E-state index in [-0.39, 0.29) is 0 Å². The predicted molar refractivity (Wildman–Crippen MR) is 67.8 cm³/mol. The zero-order valence-corrected chi connectivity index (χ0v) is 10.0. The second-order valence-corrected chi connectivity index (χ2v) is 5.05. The fourth-order valence-corrected chi connectivity index (χ4v) is 2.33. The summed E-state index contributed by atoms with van der Waals surface area (Å²) in [5.74, 6) is 2.42. The summed E-state index contributed by atoms with van der Waals surface area (Å²) < 4.78 is 0. The Kier molecular flexibility index (Phi) is 2.84. The number of hydrogen-bond donors (Lipinski definition) is 1. The Balaban J connectivity index is 1.54. The third-order valence-electron chi connectivity index (χ3n) is 3.58. The molecule has 1 saturated heterocycles. The maximum atomic E-state index is 5.54. The highest BCUT2D eigenvalue weighted by atomic mass is 15.3. The molecule has 1 aromatic rings. The molecule has 2 N–H and O–H groups in total. The minimum Gasteiger partial charge on any atom is -0.382 e. The lowest BCUT2D eigenvalue weighted by atomic mass is 10.3. The number of hydrogen-bond acceptors (Lipinski definition) is 5. The lowest BCUT2D eigenvalue weighted by molar-refractivity contribution is 0.247. The SMILES string of the molecule is Nc1ccc(N2CCN(CC3CC3)CC2)nn1. The molecule has 5 heteroatoms. The summed E-state index contributed by atoms with van der Waals surface area (Å²) in [7, 11) is 0. The molecule has 0 bridgehead atoms. The van der Waals surface area contributed by atoms with Crippen LogP contribution in [0.3, 0.4) is 0 Å². The average molecular weight is 233 g/mol. The molecule has 2 heterocycles. The maximum Gasteiger partial charge on any atom is 0.151 e. The monoisotopic (exact) mass is 233 g/mol. The molecule has 0 aromatic carbocycles. The second-order valence-electron chi connectivity index (χ2n) is 5.05. The van der Waals surface area contributed by atoms with Crippen molar-refractivity contribution in [1.82, 2.24) is 15.1 Å². The molecule has 2 fully saturated rings. The number of rotatable bonds is 3. The summed E-state index contributed by atoms with van der Waals surface area (Å²) in [6, 6.07) is 3.78. The summed E-state index contributed by atoms with van der Waals surface area (Å²) in [5, 5.41) is 8.04. The van der Waals surface area contributed by atoms with E-state index in [9.17, 15) is 0 Å². The molecule has 3 rings (SSSR count). The van der Waals surface area contributed by atoms with Crippen molar-refractivity contribution in [3.63, 3.8) is 0 Å². The van der Waals surface area contributed by atoms with E-state index in [0.717, 1.165) is 37.9 Å². The summed E-state index contributed by atoms with van der Waals surface area (Å²) in [6.45, 7) is 5.67. The zero-order valence-electron chi connectivity index (χ0n) is 10.0. The minimum absolute atomic E-state index is 0.487. The van der Waals surface area contributed by atoms with Crippen molar-refractivity contribution in [2.45, 2.75) is 12.8 Å². The molecule has 5 nitrogen and oxygen atoms in total. The Morgan fingerprint density at radius 2 is 1.88 bits per heavy atom. The Morgan fingerprint density at radius 1 is 1.12 bits per heavy atom. The van der Waals surface area contributed by atoms with Crippen molar-refractivity contribution in [2.75, 3.05) is 43.4 Å². The van der Waals surface area contributed by atoms with Gasteiger partial charge in [-0.05, 0) is 30.9 Å². The number of aromatic nitrogens is 2. The van der Waals surface area contributed by atoms with E-state index in [4.69, 9.17) is 5.73 Å². The summed E-state index contributed by atoms with van der Waals surface area (Å²) in [5.41, 5.74) is 5.54. The van der Waals surface area contributed by atoms with Crippen molar-refractivity contribution in [1.29, 1.82) is 0 Å². The van der Waals surface area contributed by atoms with E-state index in [0.29, 0.717) is 5.82 Å². The molecule has 0 unspecified atom stereocenters. The van der Waals surface area contributed by atoms with Gasteiger partial charge in [0.15, 0.2) is 5.82 Å². The zero-order chi connectivity index (χ0) is 11.7. The van der Waals surface area contributed by atoms with Crippen LogP contribution in [0, 0.1) is 5.92 Å². The van der Waals surface area contributed by atoms with Crippen LogP contribution in [-0.4, -0.2) is 47.8 Å². The predicted octanol–water partition coefficient (Wildman–Crippen LogP) is 0.591. The van der Waals surface area contributed by atoms with Crippen molar-refractivity contribution in [2.24, 2.45) is 5.92 Å². The smallest absolute Gasteiger partial charge is 0.151 e. The van der Waals surface area contributed by atoms with Crippen LogP contribution in [-0.2, 0) is 0 Å². The summed E-state index contributed by atoms with van der Waals surface area (Å²) in [6.07, 6.45) is 2.87. The largest absolute Gasteiger partial charge is 0.382 e. The normalized spacial score (nSPS) is 21.8. The van der Waals surface area contributed by atoms with E-state index in [1.807, 2.05) is 12.1 Å². The quantitative estimate of drug-likeness (QED) is 0.828. The van der Waals surface area contributed by atoms with Gasteiger partial charge in [0, 0.05) is 32.7 Å². The Morgan fingerprint density at radius 3 is 2.47 bits per heavy atom. The van der Waals surface area contributed by atoms with Gasteiger partial charge in [0.05, 0.1) is 0 Å². The van der Waals surface area contributed by atoms with Gasteiger partial charge in [-0.1, -0.05) is 0 Å². The van der Waals surface area contributed by atoms with Crippen LogP contribution in [0.1, 0.15) is 12.8 Å². The first-order chi connectivity index (χ1) is 8.31. The van der Waals surface area contributed by atoms with Crippen LogP contribution in [0.5, 0.6) is 0 Å². The highest BCUT2D eigenvalue weighted by molar-refractivity contribution is 5.41. The Labute approximate surface area is 102 Å². The first-order valence-electron chi connectivity index (χ1n) is 6.38. The van der Waals surface area contributed by atoms with Gasteiger partial charge in [0.1, 0.15) is 5.82 Å². The van der Waals surface area contributed by atoms with Gasteiger partial charge >= 0.3 is 0 Å². The van der Waals surface area contributed by atoms with Crippen molar-refractivity contribution in [3.05, 3.63) is 12.1 Å². The second kappa shape index (κ2) is 4.49. The lowest BCUT2D eigenvalue weighted by Gasteiger charge is -2.35. The van der Waals surface area contributed by atoms with E-state index in [1.165, 1.54) is 19.4 Å². The highest BCUT2D eigenvalue weighted by Crippen LogP contribution is 2.30. The van der Waals surface area contributed by atoms with Crippen molar-refractivity contribution >= 4 is 11.6 Å². The van der Waals surface area contributed by atoms with Crippen LogP contribution >= 0.6 is 0 Å². The number of nitrogen functional groups attached to an aromatic ring is 1. The van der Waals surface area contributed by atoms with Crippen LogP contribution in [0.4, 0.5) is 11.6 Å². The number of nitrogens with two attached hydrogens (primary N) is 1. The van der Waals surface area contributed by atoms with Gasteiger partial charge < -0.3 is 10.6 Å². The topological polar surface area (TPSA) is 58.3 Å². The lowest BCUT2D eigenvalue weighted by Crippen LogP contribution is -2.47. The van der Waals surface area contributed by atoms with E-state index in [1.54, 1.807) is 0 Å². The average Bonchev–Trinajstić information content (AvgIpc) is 3.15. The fraction of sp³-hybridized carbons (Fsp3) is 0.667. The number of anilines is 2. The van der Waals surface area contributed by atoms with Crippen LogP contribution in [0.2, 0.25) is 0 Å². The van der Waals surface area contributed by atoms with Gasteiger partial charge in [-0.25, -0.2) is 0 Å². The molecule has 0 spiro atoms. The maximum absolute atomic E-state index is 5.54. The summed E-state index contributed by atoms with van der Waals surface area (Å²) >= 11 is 0. The van der Waals surface area contributed by atoms with Crippen LogP contribution in [0.15, 0.2) is 12.1 Å². The third-order valence-corrected chi connectivity index (χ3v) is 3.58. The van der Waals surface area contributed by atoms with E-state index in [2.05, 4.69) is 20.0 Å². The molecule has 2 aliphatic rings. The van der Waals surface area contributed by atoms with Crippen LogP contribution < -0.4 is 10.6 Å². The molecule has 0 amide bonds. The highest BCUT2D eigenvalue weighted by Gasteiger charge is 2.26. The molecule has 92 valence electrons. The summed E-state index contributed by atoms with van der Waals surface area (Å²) in [4.78, 5) is 4.86. The first-order valence-corrected chi connectivity index (χ1v) is 6.38. The standard InChI is InChI=1S/C12H19N5/c13-11-3-4-12(15-14-11)17-7-5-16(6-8-17)9-10-1-2-10/h3-4,10H,1-2,5-9H2,(H2,13,14). The Bertz CT molecular complexity index is 365. The molecule has 1 saturated carbocycles. The van der Waals surface area contributed by atoms with Gasteiger partial charge in [-0.2, -0.15) is 0 Å². The molecular formula is C12H19N5. The van der Waals surface area contributed by atoms with Gasteiger partial charge in [0.25, 0.3) is 0 Å². The molecule has 1 aromatic heterocycles. The first kappa shape index (κ1) is 10.8.